The van der Waals surface area contributed by atoms with Crippen LogP contribution in [-0.4, -0.2) is 50.6 Å². The van der Waals surface area contributed by atoms with Gasteiger partial charge in [0.15, 0.2) is 11.6 Å². The van der Waals surface area contributed by atoms with E-state index in [4.69, 9.17) is 34.7 Å². The first-order valence-corrected chi connectivity index (χ1v) is 14.3. The number of anilines is 2. The molecule has 0 bridgehead atoms. The van der Waals surface area contributed by atoms with E-state index in [2.05, 4.69) is 29.9 Å². The number of aromatic nitrogens is 8. The van der Waals surface area contributed by atoms with Gasteiger partial charge in [0.1, 0.15) is 45.9 Å². The molecule has 44 heavy (non-hydrogen) atoms. The zero-order valence-corrected chi connectivity index (χ0v) is 25.7. The summed E-state index contributed by atoms with van der Waals surface area (Å²) in [6.45, 7) is 8.03. The summed E-state index contributed by atoms with van der Waals surface area (Å²) in [5, 5.41) is 1.64. The maximum atomic E-state index is 12.8. The Morgan fingerprint density at radius 1 is 0.705 bits per heavy atom. The van der Waals surface area contributed by atoms with Crippen molar-refractivity contribution in [1.29, 1.82) is 0 Å². The molecule has 6 aromatic rings. The molecule has 4 N–H and O–H groups in total. The van der Waals surface area contributed by atoms with Gasteiger partial charge in [0.05, 0.1) is 21.9 Å². The molecular weight excluding hydrogens is 603 g/mol. The van der Waals surface area contributed by atoms with E-state index in [-0.39, 0.29) is 39.8 Å². The number of nitrogen functional groups attached to an aromatic ring is 2. The third kappa shape index (κ3) is 5.81. The molecule has 0 fully saturated rings. The molecule has 0 atom stereocenters. The highest BCUT2D eigenvalue weighted by Crippen LogP contribution is 2.30. The Balaban J connectivity index is 0.000000175. The van der Waals surface area contributed by atoms with Crippen LogP contribution in [0.1, 0.15) is 71.6 Å². The number of pyridine rings is 2. The monoisotopic (exact) mass is 630 g/mol. The van der Waals surface area contributed by atoms with E-state index >= 15 is 0 Å². The number of rotatable bonds is 6. The summed E-state index contributed by atoms with van der Waals surface area (Å²) in [7, 11) is 0. The van der Waals surface area contributed by atoms with Crippen LogP contribution in [-0.2, 0) is 0 Å². The van der Waals surface area contributed by atoms with Gasteiger partial charge in [-0.15, -0.1) is 0 Å². The maximum Gasteiger partial charge on any atom is 0.195 e. The van der Waals surface area contributed by atoms with E-state index in [0.29, 0.717) is 50.1 Å². The molecule has 6 aromatic heterocycles. The van der Waals surface area contributed by atoms with E-state index in [9.17, 15) is 9.59 Å². The Hall–Kier alpha value is -4.94. The van der Waals surface area contributed by atoms with E-state index in [1.54, 1.807) is 30.6 Å². The Kier molecular flexibility index (Phi) is 8.56. The van der Waals surface area contributed by atoms with Crippen LogP contribution >= 0.6 is 23.2 Å². The third-order valence-corrected chi connectivity index (χ3v) is 7.33. The molecule has 6 rings (SSSR count). The molecule has 0 amide bonds. The fraction of sp³-hybridized carbons (Fsp3) is 0.200. The summed E-state index contributed by atoms with van der Waals surface area (Å²) in [6.07, 6.45) is 9.31. The van der Waals surface area contributed by atoms with E-state index in [1.165, 1.54) is 31.1 Å². The minimum atomic E-state index is -0.189. The quantitative estimate of drug-likeness (QED) is 0.131. The fourth-order valence-electron chi connectivity index (χ4n) is 4.73. The van der Waals surface area contributed by atoms with Gasteiger partial charge in [0.2, 0.25) is 0 Å². The van der Waals surface area contributed by atoms with E-state index in [0.717, 1.165) is 0 Å². The molecule has 0 saturated heterocycles. The number of nitrogens with zero attached hydrogens (tertiary/aromatic N) is 8. The van der Waals surface area contributed by atoms with Crippen LogP contribution in [0.25, 0.3) is 22.1 Å². The largest absolute Gasteiger partial charge is 0.384 e. The van der Waals surface area contributed by atoms with Crippen LogP contribution < -0.4 is 11.5 Å². The summed E-state index contributed by atoms with van der Waals surface area (Å²) in [6, 6.07) is 6.58. The van der Waals surface area contributed by atoms with Crippen molar-refractivity contribution in [2.45, 2.75) is 39.8 Å². The highest BCUT2D eigenvalue weighted by atomic mass is 35.5. The summed E-state index contributed by atoms with van der Waals surface area (Å²) in [4.78, 5) is 49.9. The van der Waals surface area contributed by atoms with E-state index in [1.807, 2.05) is 36.8 Å². The van der Waals surface area contributed by atoms with Crippen LogP contribution in [0.4, 0.5) is 11.6 Å². The highest BCUT2D eigenvalue weighted by Gasteiger charge is 2.23. The number of nitrogens with two attached hydrogens (primary N) is 2. The van der Waals surface area contributed by atoms with Crippen molar-refractivity contribution < 1.29 is 9.59 Å². The topological polar surface area (TPSA) is 173 Å². The maximum absolute atomic E-state index is 12.8. The number of halogens is 2. The van der Waals surface area contributed by atoms with Crippen LogP contribution in [0.2, 0.25) is 10.3 Å². The van der Waals surface area contributed by atoms with Gasteiger partial charge in [-0.25, -0.2) is 29.9 Å². The Morgan fingerprint density at radius 3 is 1.80 bits per heavy atom. The Morgan fingerprint density at radius 2 is 1.23 bits per heavy atom. The molecule has 0 saturated carbocycles. The molecule has 0 aromatic carbocycles. The number of ketones is 2. The highest BCUT2D eigenvalue weighted by molar-refractivity contribution is 6.36. The molecule has 0 aliphatic carbocycles. The van der Waals surface area contributed by atoms with Gasteiger partial charge < -0.3 is 20.6 Å². The molecule has 0 spiro atoms. The lowest BCUT2D eigenvalue weighted by molar-refractivity contribution is 0.103. The minimum absolute atomic E-state index is 0.135. The number of carbonyl (C=O) groups excluding carboxylic acids is 2. The standard InChI is InChI=1S/C15H12Cl2N4O.C15H16N6O/c2*1-8(2)21-6-10(12-14(17)19-7-20-15(12)21)13(22)9-3-4-18-11(16)5-9/h3-8H,1-2H3;3-8H,1-2H3,(H2,16,18)(H2,17,19,20). The predicted octanol–water partition coefficient (Wildman–Crippen LogP) is 5.75. The number of fused-ring (bicyclic) bond motifs is 2. The van der Waals surface area contributed by atoms with Gasteiger partial charge in [0, 0.05) is 48.0 Å². The van der Waals surface area contributed by atoms with Crippen LogP contribution in [0.15, 0.2) is 61.7 Å². The van der Waals surface area contributed by atoms with Gasteiger partial charge in [-0.2, -0.15) is 0 Å². The van der Waals surface area contributed by atoms with Crippen molar-refractivity contribution in [3.05, 3.63) is 94.3 Å². The molecule has 0 aliphatic heterocycles. The molecule has 0 unspecified atom stereocenters. The Bertz CT molecular complexity index is 1890. The molecule has 6 heterocycles. The van der Waals surface area contributed by atoms with Crippen molar-refractivity contribution in [3.8, 4) is 0 Å². The number of carbonyl (C=O) groups is 2. The smallest absolute Gasteiger partial charge is 0.195 e. The predicted molar refractivity (Wildman–Crippen MR) is 170 cm³/mol. The summed E-state index contributed by atoms with van der Waals surface area (Å²) in [5.74, 6) is 0.211. The minimum Gasteiger partial charge on any atom is -0.384 e. The zero-order valence-electron chi connectivity index (χ0n) is 24.2. The first kappa shape index (κ1) is 30.5. The molecule has 224 valence electrons. The van der Waals surface area contributed by atoms with Crippen LogP contribution in [0.3, 0.4) is 0 Å². The second-order valence-electron chi connectivity index (χ2n) is 10.4. The van der Waals surface area contributed by atoms with Crippen LogP contribution in [0, 0.1) is 0 Å². The van der Waals surface area contributed by atoms with Crippen molar-refractivity contribution >= 4 is 68.5 Å². The summed E-state index contributed by atoms with van der Waals surface area (Å²) < 4.78 is 3.81. The van der Waals surface area contributed by atoms with Crippen molar-refractivity contribution in [2.75, 3.05) is 11.5 Å². The lowest BCUT2D eigenvalue weighted by Gasteiger charge is -2.07. The van der Waals surface area contributed by atoms with Crippen molar-refractivity contribution in [1.82, 2.24) is 39.0 Å². The van der Waals surface area contributed by atoms with Gasteiger partial charge in [-0.05, 0) is 52.0 Å². The Labute approximate surface area is 262 Å². The van der Waals surface area contributed by atoms with Gasteiger partial charge in [-0.3, -0.25) is 9.59 Å². The van der Waals surface area contributed by atoms with Crippen molar-refractivity contribution in [3.63, 3.8) is 0 Å². The van der Waals surface area contributed by atoms with Crippen molar-refractivity contribution in [2.24, 2.45) is 0 Å². The average Bonchev–Trinajstić information content (AvgIpc) is 3.58. The van der Waals surface area contributed by atoms with Gasteiger partial charge >= 0.3 is 0 Å². The summed E-state index contributed by atoms with van der Waals surface area (Å²) in [5.41, 5.74) is 14.7. The second kappa shape index (κ2) is 12.3. The van der Waals surface area contributed by atoms with Crippen LogP contribution in [0.5, 0.6) is 0 Å². The fourth-order valence-corrected chi connectivity index (χ4v) is 5.14. The summed E-state index contributed by atoms with van der Waals surface area (Å²) >= 11 is 12.1. The second-order valence-corrected chi connectivity index (χ2v) is 11.1. The van der Waals surface area contributed by atoms with Gasteiger partial charge in [0.25, 0.3) is 0 Å². The molecule has 0 radical (unpaired) electrons. The lowest BCUT2D eigenvalue weighted by Crippen LogP contribution is -2.04. The first-order chi connectivity index (χ1) is 21.0. The lowest BCUT2D eigenvalue weighted by atomic mass is 10.0. The zero-order chi connectivity index (χ0) is 31.7. The molecule has 0 aliphatic rings. The van der Waals surface area contributed by atoms with Gasteiger partial charge in [-0.1, -0.05) is 23.2 Å². The molecule has 14 heteroatoms. The molecule has 12 nitrogen and oxygen atoms in total. The third-order valence-electron chi connectivity index (χ3n) is 6.84. The van der Waals surface area contributed by atoms with E-state index < -0.39 is 0 Å². The average molecular weight is 632 g/mol. The number of hydrogen-bond donors (Lipinski definition) is 2. The number of hydrogen-bond acceptors (Lipinski definition) is 10. The SMILES string of the molecule is CC(C)n1cc(C(=O)c2ccnc(Cl)c2)c2c(Cl)ncnc21.CC(C)n1cc(C(=O)c2ccnc(N)c2)c2c(N)ncnc21. The normalized spacial score (nSPS) is 11.3. The first-order valence-electron chi connectivity index (χ1n) is 13.5. The molecular formula is C30H28Cl2N10O2.